The summed E-state index contributed by atoms with van der Waals surface area (Å²) in [5, 5.41) is 8.89. The summed E-state index contributed by atoms with van der Waals surface area (Å²) in [6, 6.07) is 3.20. The molecule has 19 heavy (non-hydrogen) atoms. The zero-order chi connectivity index (χ0) is 13.8. The molecular formula is C13H17N3O3. The van der Waals surface area contributed by atoms with Crippen LogP contribution in [0.3, 0.4) is 0 Å². The number of aliphatic carboxylic acids is 1. The summed E-state index contributed by atoms with van der Waals surface area (Å²) in [7, 11) is 0. The molecule has 3 N–H and O–H groups in total. The Bertz CT molecular complexity index is 486. The number of carbonyl (C=O) groups is 2. The molecule has 0 saturated heterocycles. The number of nitrogens with zero attached hydrogens (tertiary/aromatic N) is 2. The van der Waals surface area contributed by atoms with Crippen LogP contribution in [-0.4, -0.2) is 40.0 Å². The van der Waals surface area contributed by atoms with Gasteiger partial charge in [0.1, 0.15) is 6.54 Å². The number of aromatic nitrogens is 1. The van der Waals surface area contributed by atoms with E-state index in [0.29, 0.717) is 23.7 Å². The predicted octanol–water partition coefficient (Wildman–Crippen LogP) is 0.477. The van der Waals surface area contributed by atoms with Gasteiger partial charge in [-0.05, 0) is 30.9 Å². The second kappa shape index (κ2) is 5.79. The molecule has 6 nitrogen and oxygen atoms in total. The normalized spacial score (nSPS) is 14.2. The van der Waals surface area contributed by atoms with E-state index in [4.69, 9.17) is 10.8 Å². The lowest BCUT2D eigenvalue weighted by Gasteiger charge is -2.20. The van der Waals surface area contributed by atoms with Crippen LogP contribution >= 0.6 is 0 Å². The molecule has 0 unspecified atom stereocenters. The predicted molar refractivity (Wildman–Crippen MR) is 68.4 cm³/mol. The first kappa shape index (κ1) is 13.5. The van der Waals surface area contributed by atoms with E-state index in [1.807, 2.05) is 0 Å². The van der Waals surface area contributed by atoms with Gasteiger partial charge < -0.3 is 15.7 Å². The van der Waals surface area contributed by atoms with Crippen LogP contribution in [-0.2, 0) is 11.3 Å². The van der Waals surface area contributed by atoms with E-state index in [1.54, 1.807) is 12.1 Å². The first-order valence-corrected chi connectivity index (χ1v) is 6.26. The zero-order valence-corrected chi connectivity index (χ0v) is 10.6. The topological polar surface area (TPSA) is 96.5 Å². The van der Waals surface area contributed by atoms with E-state index < -0.39 is 5.97 Å². The Morgan fingerprint density at radius 1 is 1.47 bits per heavy atom. The molecule has 2 rings (SSSR count). The van der Waals surface area contributed by atoms with E-state index in [0.717, 1.165) is 12.8 Å². The Kier molecular flexibility index (Phi) is 4.11. The average molecular weight is 263 g/mol. The summed E-state index contributed by atoms with van der Waals surface area (Å²) in [6.45, 7) is 0.490. The van der Waals surface area contributed by atoms with E-state index in [1.165, 1.54) is 11.1 Å². The van der Waals surface area contributed by atoms with E-state index in [9.17, 15) is 9.59 Å². The molecule has 0 aliphatic heterocycles. The van der Waals surface area contributed by atoms with Gasteiger partial charge in [-0.3, -0.25) is 14.6 Å². The van der Waals surface area contributed by atoms with Gasteiger partial charge in [-0.1, -0.05) is 0 Å². The van der Waals surface area contributed by atoms with Crippen molar-refractivity contribution in [3.63, 3.8) is 0 Å². The molecule has 0 bridgehead atoms. The molecule has 1 aromatic rings. The molecule has 0 atom stereocenters. The first-order valence-electron chi connectivity index (χ1n) is 6.26. The monoisotopic (exact) mass is 263 g/mol. The molecular weight excluding hydrogens is 246 g/mol. The fraction of sp³-hybridized carbons (Fsp3) is 0.462. The highest BCUT2D eigenvalue weighted by Crippen LogP contribution is 2.30. The van der Waals surface area contributed by atoms with Gasteiger partial charge in [0, 0.05) is 24.8 Å². The lowest BCUT2D eigenvalue weighted by atomic mass is 10.2. The SMILES string of the molecule is NCc1cc(C(=O)N(CC(=O)O)CC2CC2)ccn1. The number of amides is 1. The van der Waals surface area contributed by atoms with Crippen molar-refractivity contribution in [2.45, 2.75) is 19.4 Å². The van der Waals surface area contributed by atoms with Gasteiger partial charge in [0.15, 0.2) is 0 Å². The van der Waals surface area contributed by atoms with Crippen LogP contribution in [0.1, 0.15) is 28.9 Å². The molecule has 1 saturated carbocycles. The number of carbonyl (C=O) groups excluding carboxylic acids is 1. The third-order valence-corrected chi connectivity index (χ3v) is 3.06. The molecule has 1 aliphatic carbocycles. The summed E-state index contributed by atoms with van der Waals surface area (Å²) >= 11 is 0. The van der Waals surface area contributed by atoms with Crippen molar-refractivity contribution in [2.75, 3.05) is 13.1 Å². The second-order valence-electron chi connectivity index (χ2n) is 4.76. The Balaban J connectivity index is 2.13. The van der Waals surface area contributed by atoms with Crippen molar-refractivity contribution < 1.29 is 14.7 Å². The van der Waals surface area contributed by atoms with Crippen molar-refractivity contribution in [1.29, 1.82) is 0 Å². The van der Waals surface area contributed by atoms with Crippen molar-refractivity contribution in [1.82, 2.24) is 9.88 Å². The third-order valence-electron chi connectivity index (χ3n) is 3.06. The van der Waals surface area contributed by atoms with E-state index >= 15 is 0 Å². The van der Waals surface area contributed by atoms with Gasteiger partial charge in [0.05, 0.1) is 5.69 Å². The van der Waals surface area contributed by atoms with Crippen LogP contribution in [0.5, 0.6) is 0 Å². The summed E-state index contributed by atoms with van der Waals surface area (Å²) in [4.78, 5) is 28.6. The van der Waals surface area contributed by atoms with Gasteiger partial charge in [-0.2, -0.15) is 0 Å². The van der Waals surface area contributed by atoms with Gasteiger partial charge in [0.25, 0.3) is 5.91 Å². The minimum absolute atomic E-state index is 0.253. The van der Waals surface area contributed by atoms with Crippen molar-refractivity contribution >= 4 is 11.9 Å². The number of nitrogens with two attached hydrogens (primary N) is 1. The quantitative estimate of drug-likeness (QED) is 0.778. The minimum atomic E-state index is -0.998. The number of carboxylic acids is 1. The van der Waals surface area contributed by atoms with Crippen LogP contribution in [0.2, 0.25) is 0 Å². The van der Waals surface area contributed by atoms with E-state index in [-0.39, 0.29) is 19.0 Å². The highest BCUT2D eigenvalue weighted by atomic mass is 16.4. The smallest absolute Gasteiger partial charge is 0.323 e. The van der Waals surface area contributed by atoms with Crippen LogP contribution in [0.25, 0.3) is 0 Å². The first-order chi connectivity index (χ1) is 9.10. The largest absolute Gasteiger partial charge is 0.480 e. The fourth-order valence-corrected chi connectivity index (χ4v) is 1.90. The summed E-state index contributed by atoms with van der Waals surface area (Å²) < 4.78 is 0. The maximum Gasteiger partial charge on any atom is 0.323 e. The fourth-order valence-electron chi connectivity index (χ4n) is 1.90. The molecule has 1 fully saturated rings. The van der Waals surface area contributed by atoms with Crippen LogP contribution in [0.15, 0.2) is 18.3 Å². The molecule has 6 heteroatoms. The molecule has 0 aromatic carbocycles. The molecule has 1 aliphatic rings. The molecule has 0 radical (unpaired) electrons. The number of pyridine rings is 1. The van der Waals surface area contributed by atoms with Gasteiger partial charge >= 0.3 is 5.97 Å². The molecule has 0 spiro atoms. The molecule has 1 aromatic heterocycles. The number of hydrogen-bond acceptors (Lipinski definition) is 4. The molecule has 102 valence electrons. The van der Waals surface area contributed by atoms with Crippen LogP contribution < -0.4 is 5.73 Å². The summed E-state index contributed by atoms with van der Waals surface area (Å²) in [5.74, 6) is -0.826. The van der Waals surface area contributed by atoms with Crippen molar-refractivity contribution in [2.24, 2.45) is 11.7 Å². The highest BCUT2D eigenvalue weighted by Gasteiger charge is 2.28. The minimum Gasteiger partial charge on any atom is -0.480 e. The van der Waals surface area contributed by atoms with Crippen LogP contribution in [0, 0.1) is 5.92 Å². The zero-order valence-electron chi connectivity index (χ0n) is 10.6. The highest BCUT2D eigenvalue weighted by molar-refractivity contribution is 5.95. The average Bonchev–Trinajstić information content (AvgIpc) is 3.20. The Morgan fingerprint density at radius 3 is 2.79 bits per heavy atom. The van der Waals surface area contributed by atoms with E-state index in [2.05, 4.69) is 4.98 Å². The molecule has 1 heterocycles. The standard InChI is InChI=1S/C13H17N3O3/c14-6-11-5-10(3-4-15-11)13(19)16(8-12(17)18)7-9-1-2-9/h3-5,9H,1-2,6-8,14H2,(H,17,18). The Hall–Kier alpha value is -1.95. The number of rotatable bonds is 6. The Morgan fingerprint density at radius 2 is 2.21 bits per heavy atom. The maximum atomic E-state index is 12.3. The summed E-state index contributed by atoms with van der Waals surface area (Å²) in [6.07, 6.45) is 3.65. The molecule has 1 amide bonds. The lowest BCUT2D eigenvalue weighted by Crippen LogP contribution is -2.37. The van der Waals surface area contributed by atoms with Gasteiger partial charge in [0.2, 0.25) is 0 Å². The van der Waals surface area contributed by atoms with Crippen LogP contribution in [0.4, 0.5) is 0 Å². The van der Waals surface area contributed by atoms with Crippen molar-refractivity contribution in [3.05, 3.63) is 29.6 Å². The third kappa shape index (κ3) is 3.75. The van der Waals surface area contributed by atoms with Gasteiger partial charge in [-0.15, -0.1) is 0 Å². The number of hydrogen-bond donors (Lipinski definition) is 2. The lowest BCUT2D eigenvalue weighted by molar-refractivity contribution is -0.137. The summed E-state index contributed by atoms with van der Waals surface area (Å²) in [5.41, 5.74) is 6.54. The second-order valence-corrected chi connectivity index (χ2v) is 4.76. The maximum absolute atomic E-state index is 12.3. The van der Waals surface area contributed by atoms with Gasteiger partial charge in [-0.25, -0.2) is 0 Å². The van der Waals surface area contributed by atoms with Crippen molar-refractivity contribution in [3.8, 4) is 0 Å². The Labute approximate surface area is 111 Å². The number of carboxylic acid groups (broad SMARTS) is 1.